The first-order valence-corrected chi connectivity index (χ1v) is 4.09. The van der Waals surface area contributed by atoms with Gasteiger partial charge in [0, 0.05) is 11.1 Å². The highest BCUT2D eigenvalue weighted by atomic mass is 16.4. The van der Waals surface area contributed by atoms with Crippen LogP contribution in [0.2, 0.25) is 0 Å². The van der Waals surface area contributed by atoms with Crippen LogP contribution in [0.5, 0.6) is 5.75 Å². The summed E-state index contributed by atoms with van der Waals surface area (Å²) in [5, 5.41) is 20.9. The van der Waals surface area contributed by atoms with Crippen molar-refractivity contribution in [2.45, 2.75) is 13.8 Å². The van der Waals surface area contributed by atoms with E-state index in [1.54, 1.807) is 6.92 Å². The van der Waals surface area contributed by atoms with Crippen LogP contribution in [0.25, 0.3) is 0 Å². The number of carbonyl (C=O) groups excluding carboxylic acids is 1. The monoisotopic (exact) mass is 193 g/mol. The van der Waals surface area contributed by atoms with E-state index < -0.39 is 0 Å². The summed E-state index contributed by atoms with van der Waals surface area (Å²) in [6.07, 6.45) is 0. The number of hydrogen-bond acceptors (Lipinski definition) is 4. The Morgan fingerprint density at radius 1 is 1.36 bits per heavy atom. The van der Waals surface area contributed by atoms with Crippen LogP contribution >= 0.6 is 0 Å². The Bertz CT molecular complexity index is 396. The van der Waals surface area contributed by atoms with E-state index in [2.05, 4.69) is 5.16 Å². The molecule has 14 heavy (non-hydrogen) atoms. The van der Waals surface area contributed by atoms with Crippen molar-refractivity contribution < 1.29 is 15.1 Å². The predicted molar refractivity (Wildman–Crippen MR) is 52.1 cm³/mol. The van der Waals surface area contributed by atoms with Gasteiger partial charge in [0.25, 0.3) is 0 Å². The van der Waals surface area contributed by atoms with Crippen LogP contribution in [0.4, 0.5) is 0 Å². The molecule has 4 heteroatoms. The Morgan fingerprint density at radius 3 is 2.50 bits per heavy atom. The Balaban J connectivity index is 3.28. The molecule has 1 aromatic rings. The molecule has 0 heterocycles. The minimum absolute atomic E-state index is 0.00898. The Hall–Kier alpha value is -1.84. The predicted octanol–water partition coefficient (Wildman–Crippen LogP) is 1.79. The molecule has 0 saturated heterocycles. The molecule has 0 aliphatic rings. The first-order chi connectivity index (χ1) is 6.56. The fraction of sp³-hybridized carbons (Fsp3) is 0.200. The summed E-state index contributed by atoms with van der Waals surface area (Å²) < 4.78 is 0. The highest BCUT2D eigenvalue weighted by Crippen LogP contribution is 2.19. The largest absolute Gasteiger partial charge is 0.507 e. The summed E-state index contributed by atoms with van der Waals surface area (Å²) in [5.74, 6) is -0.109. The lowest BCUT2D eigenvalue weighted by atomic mass is 10.0. The summed E-state index contributed by atoms with van der Waals surface area (Å²) in [6.45, 7) is 2.97. The van der Waals surface area contributed by atoms with Crippen LogP contribution in [-0.2, 0) is 0 Å². The molecule has 0 bridgehead atoms. The molecular formula is C10H11NO3. The van der Waals surface area contributed by atoms with Gasteiger partial charge in [-0.1, -0.05) is 5.16 Å². The second kappa shape index (κ2) is 3.91. The van der Waals surface area contributed by atoms with E-state index in [1.807, 2.05) is 0 Å². The number of ketones is 1. The zero-order valence-electron chi connectivity index (χ0n) is 7.98. The Labute approximate surface area is 81.5 Å². The number of oxime groups is 1. The molecule has 0 amide bonds. The number of Topliss-reactive ketones (excluding diaryl/α,β-unsaturated/α-hetero) is 1. The molecule has 0 atom stereocenters. The van der Waals surface area contributed by atoms with Crippen molar-refractivity contribution in [1.29, 1.82) is 0 Å². The van der Waals surface area contributed by atoms with Crippen molar-refractivity contribution in [1.82, 2.24) is 0 Å². The standard InChI is InChI=1S/C10H11NO3/c1-6(11-14)9-5-8(7(2)12)3-4-10(9)13/h3-5,13-14H,1-2H3/b11-6+. The summed E-state index contributed by atoms with van der Waals surface area (Å²) >= 11 is 0. The van der Waals surface area contributed by atoms with Gasteiger partial charge >= 0.3 is 0 Å². The van der Waals surface area contributed by atoms with Crippen LogP contribution in [0.3, 0.4) is 0 Å². The molecule has 0 radical (unpaired) electrons. The lowest BCUT2D eigenvalue weighted by Crippen LogP contribution is -1.99. The van der Waals surface area contributed by atoms with Crippen LogP contribution in [0, 0.1) is 0 Å². The van der Waals surface area contributed by atoms with Gasteiger partial charge in [-0.25, -0.2) is 0 Å². The third kappa shape index (κ3) is 1.90. The molecule has 0 aliphatic heterocycles. The number of phenols is 1. The Kier molecular flexibility index (Phi) is 2.86. The van der Waals surface area contributed by atoms with Crippen molar-refractivity contribution >= 4 is 11.5 Å². The first-order valence-electron chi connectivity index (χ1n) is 4.09. The number of aromatic hydroxyl groups is 1. The van der Waals surface area contributed by atoms with Crippen LogP contribution in [0.1, 0.15) is 29.8 Å². The Morgan fingerprint density at radius 2 is 2.00 bits per heavy atom. The molecular weight excluding hydrogens is 182 g/mol. The topological polar surface area (TPSA) is 69.9 Å². The smallest absolute Gasteiger partial charge is 0.159 e. The molecule has 0 fully saturated rings. The maximum atomic E-state index is 11.0. The highest BCUT2D eigenvalue weighted by Gasteiger charge is 2.08. The van der Waals surface area contributed by atoms with Gasteiger partial charge in [-0.15, -0.1) is 0 Å². The number of benzene rings is 1. The third-order valence-corrected chi connectivity index (χ3v) is 1.94. The van der Waals surface area contributed by atoms with Gasteiger partial charge in [-0.3, -0.25) is 4.79 Å². The normalized spacial score (nSPS) is 11.4. The lowest BCUT2D eigenvalue weighted by molar-refractivity contribution is 0.101. The van der Waals surface area contributed by atoms with E-state index in [4.69, 9.17) is 5.21 Å². The molecule has 0 saturated carbocycles. The van der Waals surface area contributed by atoms with E-state index >= 15 is 0 Å². The van der Waals surface area contributed by atoms with Crippen molar-refractivity contribution in [2.24, 2.45) is 5.16 Å². The second-order valence-corrected chi connectivity index (χ2v) is 2.97. The summed E-state index contributed by atoms with van der Waals surface area (Å²) in [6, 6.07) is 4.42. The van der Waals surface area contributed by atoms with Gasteiger partial charge in [-0.2, -0.15) is 0 Å². The van der Waals surface area contributed by atoms with Crippen molar-refractivity contribution in [2.75, 3.05) is 0 Å². The van der Waals surface area contributed by atoms with Crippen LogP contribution < -0.4 is 0 Å². The molecule has 1 rings (SSSR count). The van der Waals surface area contributed by atoms with Gasteiger partial charge in [0.2, 0.25) is 0 Å². The summed E-state index contributed by atoms with van der Waals surface area (Å²) in [5.41, 5.74) is 1.10. The van der Waals surface area contributed by atoms with E-state index in [0.717, 1.165) is 0 Å². The highest BCUT2D eigenvalue weighted by molar-refractivity contribution is 6.03. The number of hydrogen-bond donors (Lipinski definition) is 2. The van der Waals surface area contributed by atoms with Crippen molar-refractivity contribution in [3.05, 3.63) is 29.3 Å². The average Bonchev–Trinajstić information content (AvgIpc) is 2.17. The molecule has 0 spiro atoms. The van der Waals surface area contributed by atoms with Gasteiger partial charge in [0.05, 0.1) is 5.71 Å². The van der Waals surface area contributed by atoms with E-state index in [9.17, 15) is 9.90 Å². The summed E-state index contributed by atoms with van der Waals surface area (Å²) in [7, 11) is 0. The number of nitrogens with zero attached hydrogens (tertiary/aromatic N) is 1. The van der Waals surface area contributed by atoms with Crippen LogP contribution in [0.15, 0.2) is 23.4 Å². The minimum atomic E-state index is -0.100. The van der Waals surface area contributed by atoms with Crippen LogP contribution in [-0.4, -0.2) is 21.8 Å². The van der Waals surface area contributed by atoms with E-state index in [-0.39, 0.29) is 17.2 Å². The molecule has 2 N–H and O–H groups in total. The molecule has 0 aromatic heterocycles. The quantitative estimate of drug-likeness (QED) is 0.325. The van der Waals surface area contributed by atoms with E-state index in [0.29, 0.717) is 11.1 Å². The first kappa shape index (κ1) is 10.2. The van der Waals surface area contributed by atoms with Gasteiger partial charge in [-0.05, 0) is 32.0 Å². The molecule has 0 unspecified atom stereocenters. The zero-order valence-corrected chi connectivity index (χ0v) is 7.98. The number of phenolic OH excluding ortho intramolecular Hbond substituents is 1. The van der Waals surface area contributed by atoms with E-state index in [1.165, 1.54) is 25.1 Å². The molecule has 1 aromatic carbocycles. The third-order valence-electron chi connectivity index (χ3n) is 1.94. The average molecular weight is 193 g/mol. The molecule has 4 nitrogen and oxygen atoms in total. The number of rotatable bonds is 2. The van der Waals surface area contributed by atoms with Gasteiger partial charge < -0.3 is 10.3 Å². The minimum Gasteiger partial charge on any atom is -0.507 e. The van der Waals surface area contributed by atoms with Gasteiger partial charge in [0.15, 0.2) is 5.78 Å². The fourth-order valence-corrected chi connectivity index (χ4v) is 1.10. The van der Waals surface area contributed by atoms with Gasteiger partial charge in [0.1, 0.15) is 5.75 Å². The number of carbonyl (C=O) groups is 1. The molecule has 74 valence electrons. The van der Waals surface area contributed by atoms with Crippen molar-refractivity contribution in [3.63, 3.8) is 0 Å². The zero-order chi connectivity index (χ0) is 10.7. The second-order valence-electron chi connectivity index (χ2n) is 2.97. The SMILES string of the molecule is CC(=O)c1ccc(O)c(/C(C)=N/O)c1. The maximum Gasteiger partial charge on any atom is 0.159 e. The molecule has 0 aliphatic carbocycles. The summed E-state index contributed by atoms with van der Waals surface area (Å²) in [4.78, 5) is 11.0. The lowest BCUT2D eigenvalue weighted by Gasteiger charge is -2.04. The maximum absolute atomic E-state index is 11.0. The van der Waals surface area contributed by atoms with Crippen molar-refractivity contribution in [3.8, 4) is 5.75 Å². The fourth-order valence-electron chi connectivity index (χ4n) is 1.10.